The Balaban J connectivity index is 2.34. The Labute approximate surface area is 110 Å². The lowest BCUT2D eigenvalue weighted by molar-refractivity contribution is -0.137. The van der Waals surface area contributed by atoms with Crippen LogP contribution in [-0.2, 0) is 14.4 Å². The minimum Gasteiger partial charge on any atom is -0.481 e. The Morgan fingerprint density at radius 3 is 2.32 bits per heavy atom. The highest BCUT2D eigenvalue weighted by Gasteiger charge is 2.12. The summed E-state index contributed by atoms with van der Waals surface area (Å²) in [6.07, 6.45) is 0.249. The molecule has 0 saturated heterocycles. The van der Waals surface area contributed by atoms with Gasteiger partial charge in [0.05, 0.1) is 0 Å². The van der Waals surface area contributed by atoms with E-state index in [0.29, 0.717) is 12.1 Å². The number of carbonyl (C=O) groups is 3. The Morgan fingerprint density at radius 1 is 1.11 bits per heavy atom. The van der Waals surface area contributed by atoms with Crippen LogP contribution in [0.2, 0.25) is 0 Å². The van der Waals surface area contributed by atoms with E-state index in [9.17, 15) is 14.4 Å². The van der Waals surface area contributed by atoms with Gasteiger partial charge in [-0.2, -0.15) is 0 Å². The third-order valence-electron chi connectivity index (χ3n) is 2.37. The van der Waals surface area contributed by atoms with E-state index >= 15 is 0 Å². The van der Waals surface area contributed by atoms with E-state index in [1.54, 1.807) is 12.1 Å². The van der Waals surface area contributed by atoms with E-state index < -0.39 is 17.8 Å². The summed E-state index contributed by atoms with van der Waals surface area (Å²) in [7, 11) is 0. The maximum Gasteiger partial charge on any atom is 0.313 e. The Kier molecular flexibility index (Phi) is 5.53. The van der Waals surface area contributed by atoms with Crippen LogP contribution in [0.3, 0.4) is 0 Å². The van der Waals surface area contributed by atoms with Gasteiger partial charge in [-0.3, -0.25) is 14.4 Å². The van der Waals surface area contributed by atoms with Gasteiger partial charge in [0.2, 0.25) is 0 Å². The number of benzene rings is 1. The number of hydrogen-bond donors (Lipinski definition) is 3. The third-order valence-corrected chi connectivity index (χ3v) is 2.37. The van der Waals surface area contributed by atoms with Crippen LogP contribution in [0.25, 0.3) is 0 Å². The second kappa shape index (κ2) is 7.15. The SMILES string of the molecule is Cc1ccc(NC(=O)C(=O)NCCCC(=O)O)cc1. The van der Waals surface area contributed by atoms with Gasteiger partial charge in [0.15, 0.2) is 0 Å². The summed E-state index contributed by atoms with van der Waals surface area (Å²) in [5.41, 5.74) is 1.59. The Bertz CT molecular complexity index is 468. The van der Waals surface area contributed by atoms with Crippen LogP contribution >= 0.6 is 0 Å². The van der Waals surface area contributed by atoms with Crippen LogP contribution in [0.15, 0.2) is 24.3 Å². The van der Waals surface area contributed by atoms with E-state index in [1.807, 2.05) is 19.1 Å². The number of rotatable bonds is 5. The zero-order chi connectivity index (χ0) is 14.3. The first-order chi connectivity index (χ1) is 8.99. The van der Waals surface area contributed by atoms with Gasteiger partial charge in [0, 0.05) is 18.7 Å². The molecule has 0 saturated carbocycles. The molecule has 0 aliphatic heterocycles. The summed E-state index contributed by atoms with van der Waals surface area (Å²) in [6.45, 7) is 2.08. The Morgan fingerprint density at radius 2 is 1.74 bits per heavy atom. The van der Waals surface area contributed by atoms with Crippen molar-refractivity contribution in [2.45, 2.75) is 19.8 Å². The molecule has 0 spiro atoms. The van der Waals surface area contributed by atoms with Crippen molar-refractivity contribution in [2.24, 2.45) is 0 Å². The van der Waals surface area contributed by atoms with E-state index in [1.165, 1.54) is 0 Å². The zero-order valence-electron chi connectivity index (χ0n) is 10.6. The standard InChI is InChI=1S/C13H16N2O4/c1-9-4-6-10(7-5-9)15-13(19)12(18)14-8-2-3-11(16)17/h4-7H,2-3,8H2,1H3,(H,14,18)(H,15,19)(H,16,17). The van der Waals surface area contributed by atoms with Gasteiger partial charge >= 0.3 is 17.8 Å². The second-order valence-corrected chi connectivity index (χ2v) is 4.07. The molecule has 1 aromatic rings. The number of anilines is 1. The van der Waals surface area contributed by atoms with Gasteiger partial charge in [0.1, 0.15) is 0 Å². The topological polar surface area (TPSA) is 95.5 Å². The normalized spacial score (nSPS) is 9.74. The van der Waals surface area contributed by atoms with E-state index in [0.717, 1.165) is 5.56 Å². The van der Waals surface area contributed by atoms with Crippen LogP contribution in [0.4, 0.5) is 5.69 Å². The minimum atomic E-state index is -0.932. The fourth-order valence-corrected chi connectivity index (χ4v) is 1.35. The molecule has 0 fully saturated rings. The van der Waals surface area contributed by atoms with Crippen LogP contribution in [0, 0.1) is 6.92 Å². The highest BCUT2D eigenvalue weighted by molar-refractivity contribution is 6.39. The molecular formula is C13H16N2O4. The molecule has 19 heavy (non-hydrogen) atoms. The molecule has 1 aromatic carbocycles. The van der Waals surface area contributed by atoms with Crippen molar-refractivity contribution in [3.8, 4) is 0 Å². The number of carboxylic acid groups (broad SMARTS) is 1. The molecule has 6 nitrogen and oxygen atoms in total. The largest absolute Gasteiger partial charge is 0.481 e. The molecule has 1 rings (SSSR count). The maximum absolute atomic E-state index is 11.5. The number of amides is 2. The van der Waals surface area contributed by atoms with Gasteiger partial charge < -0.3 is 15.7 Å². The molecule has 0 aliphatic carbocycles. The summed E-state index contributed by atoms with van der Waals surface area (Å²) in [6, 6.07) is 7.04. The van der Waals surface area contributed by atoms with Crippen LogP contribution < -0.4 is 10.6 Å². The van der Waals surface area contributed by atoms with Gasteiger partial charge in [-0.05, 0) is 25.5 Å². The number of carboxylic acids is 1. The van der Waals surface area contributed by atoms with Crippen LogP contribution in [0.5, 0.6) is 0 Å². The molecule has 0 atom stereocenters. The number of carbonyl (C=O) groups excluding carboxylic acids is 2. The first-order valence-corrected chi connectivity index (χ1v) is 5.86. The summed E-state index contributed by atoms with van der Waals surface area (Å²) >= 11 is 0. The summed E-state index contributed by atoms with van der Waals surface area (Å²) in [5, 5.41) is 13.2. The summed E-state index contributed by atoms with van der Waals surface area (Å²) in [5.74, 6) is -2.47. The van der Waals surface area contributed by atoms with Crippen molar-refractivity contribution < 1.29 is 19.5 Å². The molecule has 2 amide bonds. The molecule has 6 heteroatoms. The smallest absolute Gasteiger partial charge is 0.313 e. The molecule has 0 aliphatic rings. The predicted molar refractivity (Wildman–Crippen MR) is 69.7 cm³/mol. The number of aryl methyl sites for hydroxylation is 1. The third kappa shape index (κ3) is 5.67. The van der Waals surface area contributed by atoms with Crippen molar-refractivity contribution in [3.05, 3.63) is 29.8 Å². The molecule has 0 bridgehead atoms. The Hall–Kier alpha value is -2.37. The molecule has 0 unspecified atom stereocenters. The van der Waals surface area contributed by atoms with Crippen molar-refractivity contribution >= 4 is 23.5 Å². The van der Waals surface area contributed by atoms with Gasteiger partial charge in [-0.1, -0.05) is 17.7 Å². The van der Waals surface area contributed by atoms with Crippen molar-refractivity contribution in [1.29, 1.82) is 0 Å². The minimum absolute atomic E-state index is 0.0418. The summed E-state index contributed by atoms with van der Waals surface area (Å²) < 4.78 is 0. The van der Waals surface area contributed by atoms with Crippen molar-refractivity contribution in [3.63, 3.8) is 0 Å². The van der Waals surface area contributed by atoms with E-state index in [4.69, 9.17) is 5.11 Å². The number of nitrogens with one attached hydrogen (secondary N) is 2. The molecule has 0 heterocycles. The predicted octanol–water partition coefficient (Wildman–Crippen LogP) is 0.915. The van der Waals surface area contributed by atoms with Crippen molar-refractivity contribution in [2.75, 3.05) is 11.9 Å². The van der Waals surface area contributed by atoms with Crippen LogP contribution in [0.1, 0.15) is 18.4 Å². The molecule has 102 valence electrons. The zero-order valence-corrected chi connectivity index (χ0v) is 10.6. The highest BCUT2D eigenvalue weighted by atomic mass is 16.4. The first kappa shape index (κ1) is 14.7. The quantitative estimate of drug-likeness (QED) is 0.544. The molecule has 0 aromatic heterocycles. The number of aliphatic carboxylic acids is 1. The molecular weight excluding hydrogens is 248 g/mol. The monoisotopic (exact) mass is 264 g/mol. The number of hydrogen-bond acceptors (Lipinski definition) is 3. The van der Waals surface area contributed by atoms with E-state index in [2.05, 4.69) is 10.6 Å². The highest BCUT2D eigenvalue weighted by Crippen LogP contribution is 2.08. The van der Waals surface area contributed by atoms with E-state index in [-0.39, 0.29) is 13.0 Å². The fourth-order valence-electron chi connectivity index (χ4n) is 1.35. The molecule has 0 radical (unpaired) electrons. The lowest BCUT2D eigenvalue weighted by Crippen LogP contribution is -2.36. The lowest BCUT2D eigenvalue weighted by atomic mass is 10.2. The van der Waals surface area contributed by atoms with Gasteiger partial charge in [0.25, 0.3) is 0 Å². The second-order valence-electron chi connectivity index (χ2n) is 4.07. The average Bonchev–Trinajstić information content (AvgIpc) is 2.36. The van der Waals surface area contributed by atoms with Gasteiger partial charge in [-0.25, -0.2) is 0 Å². The molecule has 3 N–H and O–H groups in total. The average molecular weight is 264 g/mol. The lowest BCUT2D eigenvalue weighted by Gasteiger charge is -2.06. The first-order valence-electron chi connectivity index (χ1n) is 5.86. The van der Waals surface area contributed by atoms with Crippen LogP contribution in [-0.4, -0.2) is 29.4 Å². The maximum atomic E-state index is 11.5. The van der Waals surface area contributed by atoms with Crippen molar-refractivity contribution in [1.82, 2.24) is 5.32 Å². The fraction of sp³-hybridized carbons (Fsp3) is 0.308. The van der Waals surface area contributed by atoms with Gasteiger partial charge in [-0.15, -0.1) is 0 Å². The summed E-state index contributed by atoms with van der Waals surface area (Å²) in [4.78, 5) is 33.1.